The number of nitrogens with zero attached hydrogens (tertiary/aromatic N) is 2. The topological polar surface area (TPSA) is 39.1 Å². The van der Waals surface area contributed by atoms with Gasteiger partial charge in [0, 0.05) is 38.7 Å². The first-order valence-corrected chi connectivity index (χ1v) is 5.84. The van der Waals surface area contributed by atoms with Gasteiger partial charge >= 0.3 is 0 Å². The van der Waals surface area contributed by atoms with E-state index in [4.69, 9.17) is 4.74 Å². The molecule has 0 aromatic carbocycles. The molecular formula is C12H19N3O. The molecule has 4 nitrogen and oxygen atoms in total. The van der Waals surface area contributed by atoms with Gasteiger partial charge in [0.25, 0.3) is 0 Å². The van der Waals surface area contributed by atoms with E-state index in [1.54, 1.807) is 0 Å². The first-order valence-electron chi connectivity index (χ1n) is 5.84. The fraction of sp³-hybridized carbons (Fsp3) is 0.583. The highest BCUT2D eigenvalue weighted by Crippen LogP contribution is 2.18. The van der Waals surface area contributed by atoms with E-state index in [0.29, 0.717) is 5.92 Å². The van der Waals surface area contributed by atoms with Crippen LogP contribution in [0.15, 0.2) is 25.0 Å². The molecule has 1 aliphatic heterocycles. The van der Waals surface area contributed by atoms with Gasteiger partial charge in [-0.15, -0.1) is 6.58 Å². The van der Waals surface area contributed by atoms with Crippen molar-refractivity contribution in [3.8, 4) is 0 Å². The van der Waals surface area contributed by atoms with Crippen LogP contribution in [0.2, 0.25) is 0 Å². The molecule has 1 saturated heterocycles. The number of hydrogen-bond acceptors (Lipinski definition) is 3. The molecule has 0 spiro atoms. The number of ether oxygens (including phenoxy) is 1. The molecule has 0 atom stereocenters. The summed E-state index contributed by atoms with van der Waals surface area (Å²) in [4.78, 5) is 4.29. The second-order valence-electron chi connectivity index (χ2n) is 4.13. The molecule has 0 unspecified atom stereocenters. The Kier molecular flexibility index (Phi) is 3.99. The summed E-state index contributed by atoms with van der Waals surface area (Å²) in [5.74, 6) is 1.65. The minimum atomic E-state index is 0.715. The van der Waals surface area contributed by atoms with Crippen molar-refractivity contribution in [2.45, 2.75) is 19.4 Å². The zero-order valence-electron chi connectivity index (χ0n) is 9.56. The lowest BCUT2D eigenvalue weighted by atomic mass is 10.0. The highest BCUT2D eigenvalue weighted by molar-refractivity contribution is 5.26. The molecule has 1 aromatic rings. The third-order valence-electron chi connectivity index (χ3n) is 2.92. The number of rotatable bonds is 5. The van der Waals surface area contributed by atoms with Crippen LogP contribution >= 0.6 is 0 Å². The van der Waals surface area contributed by atoms with Gasteiger partial charge in [0.05, 0.1) is 0 Å². The van der Waals surface area contributed by atoms with Crippen LogP contribution in [0.4, 0.5) is 5.95 Å². The molecule has 1 fully saturated rings. The van der Waals surface area contributed by atoms with Crippen molar-refractivity contribution in [3.63, 3.8) is 0 Å². The summed E-state index contributed by atoms with van der Waals surface area (Å²) in [5, 5.41) is 3.24. The smallest absolute Gasteiger partial charge is 0.203 e. The van der Waals surface area contributed by atoms with Gasteiger partial charge in [0.15, 0.2) is 0 Å². The third kappa shape index (κ3) is 2.85. The first-order chi connectivity index (χ1) is 7.90. The Balaban J connectivity index is 1.91. The molecule has 1 aromatic heterocycles. The first kappa shape index (κ1) is 11.2. The molecule has 0 saturated carbocycles. The minimum absolute atomic E-state index is 0.715. The second-order valence-corrected chi connectivity index (χ2v) is 4.13. The average molecular weight is 221 g/mol. The molecule has 1 N–H and O–H groups in total. The molecule has 0 radical (unpaired) electrons. The third-order valence-corrected chi connectivity index (χ3v) is 2.92. The summed E-state index contributed by atoms with van der Waals surface area (Å²) in [6.07, 6.45) is 8.01. The van der Waals surface area contributed by atoms with Crippen molar-refractivity contribution < 1.29 is 4.74 Å². The van der Waals surface area contributed by atoms with Crippen molar-refractivity contribution in [2.24, 2.45) is 5.92 Å². The Labute approximate surface area is 96.3 Å². The largest absolute Gasteiger partial charge is 0.381 e. The van der Waals surface area contributed by atoms with Crippen LogP contribution in [0.25, 0.3) is 0 Å². The lowest BCUT2D eigenvalue weighted by molar-refractivity contribution is 0.0614. The second kappa shape index (κ2) is 5.70. The minimum Gasteiger partial charge on any atom is -0.381 e. The van der Waals surface area contributed by atoms with Crippen LogP contribution in [-0.2, 0) is 11.3 Å². The van der Waals surface area contributed by atoms with E-state index in [9.17, 15) is 0 Å². The van der Waals surface area contributed by atoms with Crippen molar-refractivity contribution in [3.05, 3.63) is 25.0 Å². The Morgan fingerprint density at radius 3 is 3.12 bits per heavy atom. The fourth-order valence-corrected chi connectivity index (χ4v) is 1.99. The predicted molar refractivity (Wildman–Crippen MR) is 64.5 cm³/mol. The maximum atomic E-state index is 5.36. The predicted octanol–water partition coefficient (Wildman–Crippen LogP) is 1.91. The van der Waals surface area contributed by atoms with Crippen LogP contribution in [0.5, 0.6) is 0 Å². The highest BCUT2D eigenvalue weighted by atomic mass is 16.5. The van der Waals surface area contributed by atoms with Crippen LogP contribution in [0.3, 0.4) is 0 Å². The summed E-state index contributed by atoms with van der Waals surface area (Å²) < 4.78 is 7.54. The monoisotopic (exact) mass is 221 g/mol. The van der Waals surface area contributed by atoms with Crippen molar-refractivity contribution >= 4 is 5.95 Å². The molecule has 2 rings (SSSR count). The Morgan fingerprint density at radius 1 is 1.56 bits per heavy atom. The summed E-state index contributed by atoms with van der Waals surface area (Å²) in [6.45, 7) is 7.27. The van der Waals surface area contributed by atoms with Gasteiger partial charge in [0.1, 0.15) is 0 Å². The van der Waals surface area contributed by atoms with Gasteiger partial charge in [-0.1, -0.05) is 6.08 Å². The maximum Gasteiger partial charge on any atom is 0.203 e. The van der Waals surface area contributed by atoms with E-state index in [-0.39, 0.29) is 0 Å². The maximum absolute atomic E-state index is 5.36. The van der Waals surface area contributed by atoms with E-state index in [1.165, 1.54) is 0 Å². The average Bonchev–Trinajstić information content (AvgIpc) is 2.75. The number of anilines is 1. The number of imidazole rings is 1. The normalized spacial score (nSPS) is 17.2. The van der Waals surface area contributed by atoms with Gasteiger partial charge in [-0.05, 0) is 18.8 Å². The SMILES string of the molecule is C=CCNc1nccn1CC1CCOCC1. The molecule has 16 heavy (non-hydrogen) atoms. The fourth-order valence-electron chi connectivity index (χ4n) is 1.99. The Hall–Kier alpha value is -1.29. The van der Waals surface area contributed by atoms with Crippen molar-refractivity contribution in [1.29, 1.82) is 0 Å². The lowest BCUT2D eigenvalue weighted by Crippen LogP contribution is -2.21. The van der Waals surface area contributed by atoms with Crippen molar-refractivity contribution in [2.75, 3.05) is 25.1 Å². The standard InChI is InChI=1S/C12H19N3O/c1-2-5-13-12-14-6-7-15(12)10-11-3-8-16-9-4-11/h2,6-7,11H,1,3-5,8-10H2,(H,13,14). The highest BCUT2D eigenvalue weighted by Gasteiger charge is 2.15. The van der Waals surface area contributed by atoms with Gasteiger partial charge in [0.2, 0.25) is 5.95 Å². The number of aromatic nitrogens is 2. The molecule has 1 aliphatic rings. The number of nitrogens with one attached hydrogen (secondary N) is 1. The Bertz CT molecular complexity index is 329. The molecular weight excluding hydrogens is 202 g/mol. The lowest BCUT2D eigenvalue weighted by Gasteiger charge is -2.23. The summed E-state index contributed by atoms with van der Waals surface area (Å²) in [7, 11) is 0. The molecule has 2 heterocycles. The van der Waals surface area contributed by atoms with Crippen molar-refractivity contribution in [1.82, 2.24) is 9.55 Å². The van der Waals surface area contributed by atoms with E-state index in [1.807, 2.05) is 18.5 Å². The van der Waals surface area contributed by atoms with Crippen LogP contribution in [-0.4, -0.2) is 29.3 Å². The summed E-state index contributed by atoms with van der Waals surface area (Å²) in [5.41, 5.74) is 0. The van der Waals surface area contributed by atoms with Gasteiger partial charge in [-0.2, -0.15) is 0 Å². The van der Waals surface area contributed by atoms with Gasteiger partial charge < -0.3 is 14.6 Å². The molecule has 0 aliphatic carbocycles. The van der Waals surface area contributed by atoms with E-state index in [0.717, 1.165) is 45.1 Å². The van der Waals surface area contributed by atoms with Crippen LogP contribution < -0.4 is 5.32 Å². The zero-order chi connectivity index (χ0) is 11.2. The number of hydrogen-bond donors (Lipinski definition) is 1. The molecule has 0 bridgehead atoms. The van der Waals surface area contributed by atoms with Gasteiger partial charge in [-0.3, -0.25) is 0 Å². The van der Waals surface area contributed by atoms with E-state index < -0.39 is 0 Å². The van der Waals surface area contributed by atoms with Crippen LogP contribution in [0.1, 0.15) is 12.8 Å². The summed E-state index contributed by atoms with van der Waals surface area (Å²) in [6, 6.07) is 0. The molecule has 4 heteroatoms. The van der Waals surface area contributed by atoms with Crippen LogP contribution in [0, 0.1) is 5.92 Å². The quantitative estimate of drug-likeness (QED) is 0.772. The molecule has 88 valence electrons. The zero-order valence-corrected chi connectivity index (χ0v) is 9.56. The molecule has 0 amide bonds. The van der Waals surface area contributed by atoms with Gasteiger partial charge in [-0.25, -0.2) is 4.98 Å². The van der Waals surface area contributed by atoms with E-state index >= 15 is 0 Å². The Morgan fingerprint density at radius 2 is 2.38 bits per heavy atom. The summed E-state index contributed by atoms with van der Waals surface area (Å²) >= 11 is 0. The van der Waals surface area contributed by atoms with E-state index in [2.05, 4.69) is 21.4 Å².